The number of furan rings is 1. The molecule has 2 heterocycles. The minimum Gasteiger partial charge on any atom is -0.464 e. The number of fused-ring (bicyclic) bond motifs is 1. The fourth-order valence-corrected chi connectivity index (χ4v) is 1.80. The molecule has 16 heavy (non-hydrogen) atoms. The van der Waals surface area contributed by atoms with E-state index in [2.05, 4.69) is 25.4 Å². The Bertz CT molecular complexity index is 534. The summed E-state index contributed by atoms with van der Waals surface area (Å²) in [7, 11) is 0. The van der Waals surface area contributed by atoms with E-state index in [9.17, 15) is 0 Å². The van der Waals surface area contributed by atoms with Crippen molar-refractivity contribution < 1.29 is 4.42 Å². The number of aromatic nitrogens is 1. The first kappa shape index (κ1) is 10.7. The second kappa shape index (κ2) is 4.35. The largest absolute Gasteiger partial charge is 0.464 e. The molecule has 0 atom stereocenters. The second-order valence-corrected chi connectivity index (χ2v) is 4.00. The minimum atomic E-state index is 0.408. The van der Waals surface area contributed by atoms with Gasteiger partial charge in [-0.15, -0.1) is 0 Å². The number of nitrogens with zero attached hydrogens (tertiary/aromatic N) is 1. The summed E-state index contributed by atoms with van der Waals surface area (Å²) < 4.78 is 5.37. The highest BCUT2D eigenvalue weighted by Gasteiger charge is 2.12. The van der Waals surface area contributed by atoms with Crippen molar-refractivity contribution in [3.05, 3.63) is 49.0 Å². The van der Waals surface area contributed by atoms with E-state index in [0.29, 0.717) is 5.92 Å². The standard InChI is InChI=1S/C14H15NO/c1-4-5-11(10(2)3)14-12-7-9-16-13(12)6-8-15-14/h4-10H,1H2,2-3H3/b11-5+. The van der Waals surface area contributed by atoms with E-state index < -0.39 is 0 Å². The van der Waals surface area contributed by atoms with Crippen molar-refractivity contribution in [3.8, 4) is 0 Å². The van der Waals surface area contributed by atoms with Crippen LogP contribution in [0.4, 0.5) is 0 Å². The van der Waals surface area contributed by atoms with Crippen LogP contribution in [0, 0.1) is 5.92 Å². The SMILES string of the molecule is C=C/C=C(/c1nccc2occc12)C(C)C. The van der Waals surface area contributed by atoms with Crippen molar-refractivity contribution in [3.63, 3.8) is 0 Å². The lowest BCUT2D eigenvalue weighted by Crippen LogP contribution is -1.96. The molecular weight excluding hydrogens is 198 g/mol. The maximum atomic E-state index is 5.37. The number of allylic oxidation sites excluding steroid dienone is 3. The Morgan fingerprint density at radius 1 is 1.44 bits per heavy atom. The summed E-state index contributed by atoms with van der Waals surface area (Å²) in [6.07, 6.45) is 7.29. The highest BCUT2D eigenvalue weighted by Crippen LogP contribution is 2.28. The molecule has 0 aliphatic rings. The molecule has 0 bridgehead atoms. The van der Waals surface area contributed by atoms with Crippen molar-refractivity contribution >= 4 is 16.5 Å². The van der Waals surface area contributed by atoms with Crippen LogP contribution < -0.4 is 0 Å². The van der Waals surface area contributed by atoms with E-state index in [4.69, 9.17) is 4.42 Å². The predicted octanol–water partition coefficient (Wildman–Crippen LogP) is 4.05. The average molecular weight is 213 g/mol. The van der Waals surface area contributed by atoms with Gasteiger partial charge in [0.15, 0.2) is 0 Å². The lowest BCUT2D eigenvalue weighted by atomic mass is 9.97. The maximum Gasteiger partial charge on any atom is 0.137 e. The van der Waals surface area contributed by atoms with Gasteiger partial charge in [-0.2, -0.15) is 0 Å². The van der Waals surface area contributed by atoms with Crippen molar-refractivity contribution in [1.29, 1.82) is 0 Å². The number of hydrogen-bond donors (Lipinski definition) is 0. The number of hydrogen-bond acceptors (Lipinski definition) is 2. The molecule has 2 nitrogen and oxygen atoms in total. The Morgan fingerprint density at radius 2 is 2.25 bits per heavy atom. The van der Waals surface area contributed by atoms with Gasteiger partial charge < -0.3 is 4.42 Å². The molecule has 0 aliphatic heterocycles. The van der Waals surface area contributed by atoms with E-state index >= 15 is 0 Å². The molecule has 2 aromatic heterocycles. The van der Waals surface area contributed by atoms with E-state index in [1.54, 1.807) is 18.5 Å². The second-order valence-electron chi connectivity index (χ2n) is 4.00. The third-order valence-corrected chi connectivity index (χ3v) is 2.57. The Kier molecular flexibility index (Phi) is 2.91. The van der Waals surface area contributed by atoms with Gasteiger partial charge in [-0.3, -0.25) is 4.98 Å². The van der Waals surface area contributed by atoms with Gasteiger partial charge in [0.2, 0.25) is 0 Å². The summed E-state index contributed by atoms with van der Waals surface area (Å²) in [5.41, 5.74) is 3.05. The zero-order valence-corrected chi connectivity index (χ0v) is 9.60. The first-order valence-corrected chi connectivity index (χ1v) is 5.39. The van der Waals surface area contributed by atoms with Crippen LogP contribution in [0.5, 0.6) is 0 Å². The Balaban J connectivity index is 2.65. The highest BCUT2D eigenvalue weighted by atomic mass is 16.3. The topological polar surface area (TPSA) is 26.0 Å². The summed E-state index contributed by atoms with van der Waals surface area (Å²) in [6, 6.07) is 3.83. The van der Waals surface area contributed by atoms with E-state index in [0.717, 1.165) is 16.7 Å². The van der Waals surface area contributed by atoms with E-state index in [-0.39, 0.29) is 0 Å². The van der Waals surface area contributed by atoms with Crippen LogP contribution in [0.1, 0.15) is 19.5 Å². The summed E-state index contributed by atoms with van der Waals surface area (Å²) >= 11 is 0. The minimum absolute atomic E-state index is 0.408. The van der Waals surface area contributed by atoms with Crippen LogP contribution in [0.15, 0.2) is 47.7 Å². The monoisotopic (exact) mass is 213 g/mol. The normalized spacial score (nSPS) is 12.3. The molecule has 0 N–H and O–H groups in total. The molecule has 0 fully saturated rings. The van der Waals surface area contributed by atoms with Gasteiger partial charge in [0, 0.05) is 11.6 Å². The zero-order chi connectivity index (χ0) is 11.5. The third-order valence-electron chi connectivity index (χ3n) is 2.57. The Hall–Kier alpha value is -1.83. The van der Waals surface area contributed by atoms with Crippen molar-refractivity contribution in [1.82, 2.24) is 4.98 Å². The Morgan fingerprint density at radius 3 is 2.94 bits per heavy atom. The quantitative estimate of drug-likeness (QED) is 0.719. The van der Waals surface area contributed by atoms with Crippen LogP contribution in [-0.2, 0) is 0 Å². The molecular formula is C14H15NO. The lowest BCUT2D eigenvalue weighted by molar-refractivity contribution is 0.615. The number of rotatable bonds is 3. The van der Waals surface area contributed by atoms with Gasteiger partial charge in [-0.1, -0.05) is 32.6 Å². The fraction of sp³-hybridized carbons (Fsp3) is 0.214. The van der Waals surface area contributed by atoms with Crippen molar-refractivity contribution in [2.45, 2.75) is 13.8 Å². The van der Waals surface area contributed by atoms with Crippen LogP contribution >= 0.6 is 0 Å². The van der Waals surface area contributed by atoms with Crippen molar-refractivity contribution in [2.24, 2.45) is 5.92 Å². The average Bonchev–Trinajstić information content (AvgIpc) is 2.73. The van der Waals surface area contributed by atoms with Crippen LogP contribution in [-0.4, -0.2) is 4.98 Å². The van der Waals surface area contributed by atoms with Crippen LogP contribution in [0.25, 0.3) is 16.5 Å². The molecule has 2 aromatic rings. The molecule has 0 spiro atoms. The molecule has 0 amide bonds. The molecule has 0 unspecified atom stereocenters. The smallest absolute Gasteiger partial charge is 0.137 e. The van der Waals surface area contributed by atoms with Gasteiger partial charge in [0.25, 0.3) is 0 Å². The van der Waals surface area contributed by atoms with Gasteiger partial charge in [0.05, 0.1) is 12.0 Å². The highest BCUT2D eigenvalue weighted by molar-refractivity contribution is 5.89. The Labute approximate surface area is 95.3 Å². The molecule has 0 aromatic carbocycles. The summed E-state index contributed by atoms with van der Waals surface area (Å²) in [5.74, 6) is 0.408. The first-order chi connectivity index (χ1) is 7.74. The fourth-order valence-electron chi connectivity index (χ4n) is 1.80. The zero-order valence-electron chi connectivity index (χ0n) is 9.60. The predicted molar refractivity (Wildman–Crippen MR) is 67.0 cm³/mol. The summed E-state index contributed by atoms with van der Waals surface area (Å²) in [6.45, 7) is 8.05. The van der Waals surface area contributed by atoms with E-state index in [1.807, 2.05) is 18.2 Å². The lowest BCUT2D eigenvalue weighted by Gasteiger charge is -2.10. The van der Waals surface area contributed by atoms with Crippen molar-refractivity contribution in [2.75, 3.05) is 0 Å². The molecule has 82 valence electrons. The maximum absolute atomic E-state index is 5.37. The molecule has 2 heteroatoms. The molecule has 0 saturated carbocycles. The summed E-state index contributed by atoms with van der Waals surface area (Å²) in [5, 5.41) is 1.06. The molecule has 0 saturated heterocycles. The van der Waals surface area contributed by atoms with E-state index in [1.165, 1.54) is 5.57 Å². The summed E-state index contributed by atoms with van der Waals surface area (Å²) in [4.78, 5) is 4.44. The molecule has 0 aliphatic carbocycles. The molecule has 2 rings (SSSR count). The van der Waals surface area contributed by atoms with Gasteiger partial charge >= 0.3 is 0 Å². The first-order valence-electron chi connectivity index (χ1n) is 5.39. The van der Waals surface area contributed by atoms with Gasteiger partial charge in [-0.25, -0.2) is 0 Å². The third kappa shape index (κ3) is 1.78. The molecule has 0 radical (unpaired) electrons. The van der Waals surface area contributed by atoms with Gasteiger partial charge in [0.1, 0.15) is 5.58 Å². The van der Waals surface area contributed by atoms with Crippen LogP contribution in [0.3, 0.4) is 0 Å². The van der Waals surface area contributed by atoms with Crippen LogP contribution in [0.2, 0.25) is 0 Å². The number of pyridine rings is 1. The van der Waals surface area contributed by atoms with Gasteiger partial charge in [-0.05, 0) is 23.6 Å².